The molecule has 7 heteroatoms. The molecule has 1 amide bonds. The first-order valence-electron chi connectivity index (χ1n) is 12.3. The van der Waals surface area contributed by atoms with Crippen molar-refractivity contribution in [3.8, 4) is 23.7 Å². The monoisotopic (exact) mass is 494 g/mol. The van der Waals surface area contributed by atoms with Gasteiger partial charge in [0.1, 0.15) is 5.70 Å². The number of likely N-dealkylation sites (tertiary alicyclic amines) is 1. The predicted octanol–water partition coefficient (Wildman–Crippen LogP) is 3.48. The number of amides is 1. The van der Waals surface area contributed by atoms with E-state index in [4.69, 9.17) is 0 Å². The van der Waals surface area contributed by atoms with Crippen molar-refractivity contribution in [2.45, 2.75) is 25.3 Å². The van der Waals surface area contributed by atoms with Gasteiger partial charge >= 0.3 is 0 Å². The molecule has 188 valence electrons. The number of aliphatic imine (C=N–C) groups is 1. The topological polar surface area (TPSA) is 85.2 Å². The number of carbonyl (C=O) groups is 2. The predicted molar refractivity (Wildman–Crippen MR) is 146 cm³/mol. The third-order valence-corrected chi connectivity index (χ3v) is 6.50. The van der Waals surface area contributed by atoms with E-state index >= 15 is 0 Å². The Morgan fingerprint density at radius 2 is 1.62 bits per heavy atom. The van der Waals surface area contributed by atoms with E-state index in [1.165, 1.54) is 6.21 Å². The molecule has 37 heavy (non-hydrogen) atoms. The summed E-state index contributed by atoms with van der Waals surface area (Å²) in [5, 5.41) is 12.9. The van der Waals surface area contributed by atoms with Crippen molar-refractivity contribution in [3.05, 3.63) is 76.7 Å². The molecule has 0 saturated carbocycles. The molecule has 4 rings (SSSR count). The van der Waals surface area contributed by atoms with E-state index in [2.05, 4.69) is 53.0 Å². The number of piperidine rings is 1. The molecule has 0 spiro atoms. The lowest BCUT2D eigenvalue weighted by Gasteiger charge is -2.35. The first-order chi connectivity index (χ1) is 17.9. The second-order valence-electron chi connectivity index (χ2n) is 9.23. The van der Waals surface area contributed by atoms with Crippen molar-refractivity contribution in [2.24, 2.45) is 4.99 Å². The van der Waals surface area contributed by atoms with E-state index in [9.17, 15) is 14.7 Å². The molecule has 7 nitrogen and oxygen atoms in total. The minimum absolute atomic E-state index is 0.0722. The molecule has 1 saturated heterocycles. The van der Waals surface area contributed by atoms with E-state index in [0.29, 0.717) is 17.3 Å². The first kappa shape index (κ1) is 25.8. The molecule has 1 fully saturated rings. The number of nitrogens with zero attached hydrogens (tertiary/aromatic N) is 3. The van der Waals surface area contributed by atoms with Crippen LogP contribution in [0, 0.1) is 23.7 Å². The molecule has 0 aliphatic carbocycles. The Morgan fingerprint density at radius 1 is 1.03 bits per heavy atom. The van der Waals surface area contributed by atoms with Gasteiger partial charge in [0.05, 0.1) is 6.54 Å². The maximum Gasteiger partial charge on any atom is 0.253 e. The highest BCUT2D eigenvalue weighted by Crippen LogP contribution is 2.17. The van der Waals surface area contributed by atoms with E-state index in [1.54, 1.807) is 0 Å². The fourth-order valence-corrected chi connectivity index (χ4v) is 4.21. The highest BCUT2D eigenvalue weighted by Gasteiger charge is 2.24. The Hall–Kier alpha value is -4.33. The maximum atomic E-state index is 12.8. The van der Waals surface area contributed by atoms with Crippen molar-refractivity contribution in [3.63, 3.8) is 0 Å². The SMILES string of the molecule is CN(C)C1CCN(C(=O)c2ccc(C#CC#Cc3ccc(NCC4=C(O)C(=O)CC=N4)cc3)cc2)CC1. The number of hydrogen-bond donors (Lipinski definition) is 2. The minimum atomic E-state index is -0.321. The molecular weight excluding hydrogens is 464 g/mol. The van der Waals surface area contributed by atoms with E-state index < -0.39 is 0 Å². The van der Waals surface area contributed by atoms with Crippen LogP contribution in [0.3, 0.4) is 0 Å². The van der Waals surface area contributed by atoms with Crippen molar-refractivity contribution >= 4 is 23.6 Å². The highest BCUT2D eigenvalue weighted by atomic mass is 16.3. The van der Waals surface area contributed by atoms with Crippen LogP contribution < -0.4 is 5.32 Å². The molecule has 0 radical (unpaired) electrons. The van der Waals surface area contributed by atoms with Crippen LogP contribution in [0.25, 0.3) is 0 Å². The Bertz CT molecular complexity index is 1330. The molecule has 2 N–H and O–H groups in total. The van der Waals surface area contributed by atoms with Crippen LogP contribution in [0.4, 0.5) is 5.69 Å². The lowest BCUT2D eigenvalue weighted by molar-refractivity contribution is -0.117. The second kappa shape index (κ2) is 12.1. The molecular formula is C30H30N4O3. The fraction of sp³-hybridized carbons (Fsp3) is 0.300. The lowest BCUT2D eigenvalue weighted by Crippen LogP contribution is -2.44. The Kier molecular flexibility index (Phi) is 8.40. The van der Waals surface area contributed by atoms with Gasteiger partial charge in [-0.1, -0.05) is 11.8 Å². The van der Waals surface area contributed by atoms with Crippen LogP contribution in [0.2, 0.25) is 0 Å². The largest absolute Gasteiger partial charge is 0.503 e. The molecule has 2 aliphatic rings. The summed E-state index contributed by atoms with van der Waals surface area (Å²) in [7, 11) is 4.18. The van der Waals surface area contributed by atoms with Gasteiger partial charge in [-0.15, -0.1) is 0 Å². The fourth-order valence-electron chi connectivity index (χ4n) is 4.21. The molecule has 0 bridgehead atoms. The third kappa shape index (κ3) is 6.88. The smallest absolute Gasteiger partial charge is 0.253 e. The van der Waals surface area contributed by atoms with Gasteiger partial charge in [0.25, 0.3) is 5.91 Å². The Morgan fingerprint density at radius 3 is 2.22 bits per heavy atom. The summed E-state index contributed by atoms with van der Waals surface area (Å²) in [6.07, 6.45) is 3.64. The number of hydrogen-bond acceptors (Lipinski definition) is 6. The summed E-state index contributed by atoms with van der Waals surface area (Å²) < 4.78 is 0. The van der Waals surface area contributed by atoms with Crippen molar-refractivity contribution in [2.75, 3.05) is 39.0 Å². The van der Waals surface area contributed by atoms with Gasteiger partial charge in [-0.3, -0.25) is 14.6 Å². The second-order valence-corrected chi connectivity index (χ2v) is 9.23. The van der Waals surface area contributed by atoms with Crippen LogP contribution in [0.5, 0.6) is 0 Å². The number of aliphatic hydroxyl groups excluding tert-OH is 1. The van der Waals surface area contributed by atoms with Crippen LogP contribution >= 0.6 is 0 Å². The third-order valence-electron chi connectivity index (χ3n) is 6.50. The number of allylic oxidation sites excluding steroid dienone is 1. The zero-order valence-corrected chi connectivity index (χ0v) is 21.1. The number of nitrogens with one attached hydrogen (secondary N) is 1. The molecule has 0 unspecified atom stereocenters. The van der Waals surface area contributed by atoms with Crippen molar-refractivity contribution in [1.82, 2.24) is 9.80 Å². The van der Waals surface area contributed by atoms with E-state index in [-0.39, 0.29) is 30.4 Å². The van der Waals surface area contributed by atoms with Gasteiger partial charge < -0.3 is 20.2 Å². The van der Waals surface area contributed by atoms with E-state index in [1.807, 2.05) is 53.4 Å². The van der Waals surface area contributed by atoms with Crippen LogP contribution in [0.15, 0.2) is 65.0 Å². The zero-order chi connectivity index (χ0) is 26.2. The first-order valence-corrected chi connectivity index (χ1v) is 12.3. The normalized spacial score (nSPS) is 15.6. The minimum Gasteiger partial charge on any atom is -0.503 e. The molecule has 0 aromatic heterocycles. The Balaban J connectivity index is 1.28. The molecule has 2 aliphatic heterocycles. The molecule has 2 aromatic carbocycles. The standard InChI is InChI=1S/C30H30N4O3/c1-33(2)26-16-19-34(20-17-26)30(37)24-11-7-22(8-12-24)5-3-4-6-23-9-13-25(14-10-23)32-21-27-29(36)28(35)15-18-31-27/h7-14,18,26,32,36H,15-17,19-21H2,1-2H3. The molecule has 0 atom stereocenters. The Labute approximate surface area is 217 Å². The molecule has 2 aromatic rings. The van der Waals surface area contributed by atoms with E-state index in [0.717, 1.165) is 42.7 Å². The van der Waals surface area contributed by atoms with Gasteiger partial charge in [-0.25, -0.2) is 0 Å². The van der Waals surface area contributed by atoms with Crippen LogP contribution in [-0.2, 0) is 4.79 Å². The number of aliphatic hydroxyl groups is 1. The van der Waals surface area contributed by atoms with Crippen molar-refractivity contribution < 1.29 is 14.7 Å². The van der Waals surface area contributed by atoms with Crippen molar-refractivity contribution in [1.29, 1.82) is 0 Å². The summed E-state index contributed by atoms with van der Waals surface area (Å²) in [5.41, 5.74) is 3.45. The lowest BCUT2D eigenvalue weighted by atomic mass is 10.0. The van der Waals surface area contributed by atoms with Gasteiger partial charge in [-0.05, 0) is 87.3 Å². The summed E-state index contributed by atoms with van der Waals surface area (Å²) >= 11 is 0. The van der Waals surface area contributed by atoms with Gasteiger partial charge in [0, 0.05) is 54.1 Å². The average molecular weight is 495 g/mol. The van der Waals surface area contributed by atoms with Gasteiger partial charge in [0.2, 0.25) is 5.78 Å². The quantitative estimate of drug-likeness (QED) is 0.622. The summed E-state index contributed by atoms with van der Waals surface area (Å²) in [4.78, 5) is 32.6. The summed E-state index contributed by atoms with van der Waals surface area (Å²) in [6.45, 7) is 1.82. The van der Waals surface area contributed by atoms with Crippen LogP contribution in [0.1, 0.15) is 40.7 Å². The average Bonchev–Trinajstić information content (AvgIpc) is 2.92. The van der Waals surface area contributed by atoms with Gasteiger partial charge in [-0.2, -0.15) is 0 Å². The highest BCUT2D eigenvalue weighted by molar-refractivity contribution is 6.04. The summed E-state index contributed by atoms with van der Waals surface area (Å²) in [6, 6.07) is 15.4. The van der Waals surface area contributed by atoms with Crippen LogP contribution in [-0.4, -0.2) is 72.6 Å². The maximum absolute atomic E-state index is 12.8. The zero-order valence-electron chi connectivity index (χ0n) is 21.1. The molecule has 2 heterocycles. The number of Topliss-reactive ketones (excluding diaryl/α,β-unsaturated/α-hetero) is 1. The number of anilines is 1. The number of benzene rings is 2. The number of ketones is 1. The summed E-state index contributed by atoms with van der Waals surface area (Å²) in [5.74, 6) is 11.2. The van der Waals surface area contributed by atoms with Gasteiger partial charge in [0.15, 0.2) is 5.76 Å². The number of carbonyl (C=O) groups excluding carboxylic acids is 2. The number of rotatable bonds is 5.